The van der Waals surface area contributed by atoms with E-state index in [0.717, 1.165) is 0 Å². The standard InChI is InChI=1S/C17H16ClNO/c18-15-10-8-14(9-11-15)17(20)19-16(13-6-7-13)12-4-2-1-3-5-12/h1-5,8-11,13,16H,6-7H2,(H,19,20)/t16-/m1/s1. The Labute approximate surface area is 123 Å². The molecule has 3 rings (SSSR count). The fraction of sp³-hybridized carbons (Fsp3) is 0.235. The third kappa shape index (κ3) is 3.02. The summed E-state index contributed by atoms with van der Waals surface area (Å²) < 4.78 is 0. The Kier molecular flexibility index (Phi) is 3.75. The predicted molar refractivity (Wildman–Crippen MR) is 80.8 cm³/mol. The van der Waals surface area contributed by atoms with E-state index in [0.29, 0.717) is 16.5 Å². The number of nitrogens with one attached hydrogen (secondary N) is 1. The van der Waals surface area contributed by atoms with E-state index in [1.54, 1.807) is 24.3 Å². The zero-order valence-electron chi connectivity index (χ0n) is 11.1. The largest absolute Gasteiger partial charge is 0.345 e. The molecular weight excluding hydrogens is 270 g/mol. The maximum Gasteiger partial charge on any atom is 0.251 e. The third-order valence-corrected chi connectivity index (χ3v) is 3.90. The van der Waals surface area contributed by atoms with Gasteiger partial charge < -0.3 is 5.32 Å². The SMILES string of the molecule is O=C(N[C@H](c1ccccc1)C1CC1)c1ccc(Cl)cc1. The van der Waals surface area contributed by atoms with Gasteiger partial charge in [0.15, 0.2) is 0 Å². The first-order chi connectivity index (χ1) is 9.74. The molecule has 1 saturated carbocycles. The quantitative estimate of drug-likeness (QED) is 0.895. The average Bonchev–Trinajstić information content (AvgIpc) is 3.31. The highest BCUT2D eigenvalue weighted by atomic mass is 35.5. The maximum absolute atomic E-state index is 12.3. The first-order valence-corrected chi connectivity index (χ1v) is 7.23. The van der Waals surface area contributed by atoms with E-state index >= 15 is 0 Å². The number of carbonyl (C=O) groups excluding carboxylic acids is 1. The van der Waals surface area contributed by atoms with Crippen molar-refractivity contribution in [2.24, 2.45) is 5.92 Å². The number of carbonyl (C=O) groups is 1. The van der Waals surface area contributed by atoms with E-state index in [1.807, 2.05) is 18.2 Å². The van der Waals surface area contributed by atoms with Gasteiger partial charge in [0.2, 0.25) is 0 Å². The summed E-state index contributed by atoms with van der Waals surface area (Å²) in [6, 6.07) is 17.3. The number of hydrogen-bond acceptors (Lipinski definition) is 1. The summed E-state index contributed by atoms with van der Waals surface area (Å²) in [5.41, 5.74) is 1.83. The van der Waals surface area contributed by atoms with Gasteiger partial charge in [-0.05, 0) is 48.6 Å². The summed E-state index contributed by atoms with van der Waals surface area (Å²) in [7, 11) is 0. The summed E-state index contributed by atoms with van der Waals surface area (Å²) in [6.07, 6.45) is 2.36. The van der Waals surface area contributed by atoms with Gasteiger partial charge in [-0.1, -0.05) is 41.9 Å². The summed E-state index contributed by atoms with van der Waals surface area (Å²) >= 11 is 5.85. The van der Waals surface area contributed by atoms with Gasteiger partial charge in [0, 0.05) is 10.6 Å². The van der Waals surface area contributed by atoms with Crippen molar-refractivity contribution in [1.82, 2.24) is 5.32 Å². The molecular formula is C17H16ClNO. The molecule has 1 fully saturated rings. The van der Waals surface area contributed by atoms with Crippen LogP contribution in [-0.2, 0) is 0 Å². The van der Waals surface area contributed by atoms with Gasteiger partial charge in [0.25, 0.3) is 5.91 Å². The molecule has 20 heavy (non-hydrogen) atoms. The number of amides is 1. The first-order valence-electron chi connectivity index (χ1n) is 6.85. The van der Waals surface area contributed by atoms with E-state index in [9.17, 15) is 4.79 Å². The molecule has 2 nitrogen and oxygen atoms in total. The van der Waals surface area contributed by atoms with E-state index in [2.05, 4.69) is 17.4 Å². The van der Waals surface area contributed by atoms with Crippen molar-refractivity contribution in [3.63, 3.8) is 0 Å². The minimum Gasteiger partial charge on any atom is -0.345 e. The molecule has 1 aliphatic rings. The Morgan fingerprint density at radius 1 is 1.05 bits per heavy atom. The van der Waals surface area contributed by atoms with Crippen molar-refractivity contribution in [3.05, 3.63) is 70.7 Å². The second kappa shape index (κ2) is 5.68. The van der Waals surface area contributed by atoms with Gasteiger partial charge in [0.05, 0.1) is 6.04 Å². The minimum atomic E-state index is -0.0394. The molecule has 1 atom stereocenters. The second-order valence-corrected chi connectivity index (χ2v) is 5.64. The van der Waals surface area contributed by atoms with Crippen LogP contribution >= 0.6 is 11.6 Å². The Bertz CT molecular complexity index is 590. The van der Waals surface area contributed by atoms with Crippen molar-refractivity contribution in [2.45, 2.75) is 18.9 Å². The lowest BCUT2D eigenvalue weighted by molar-refractivity contribution is 0.0931. The van der Waals surface area contributed by atoms with Gasteiger partial charge in [-0.2, -0.15) is 0 Å². The van der Waals surface area contributed by atoms with E-state index < -0.39 is 0 Å². The van der Waals surface area contributed by atoms with E-state index in [-0.39, 0.29) is 11.9 Å². The molecule has 0 spiro atoms. The van der Waals surface area contributed by atoms with Crippen LogP contribution in [-0.4, -0.2) is 5.91 Å². The Hall–Kier alpha value is -1.80. The van der Waals surface area contributed by atoms with Gasteiger partial charge >= 0.3 is 0 Å². The Morgan fingerprint density at radius 3 is 2.30 bits per heavy atom. The lowest BCUT2D eigenvalue weighted by atomic mass is 10.0. The highest BCUT2D eigenvalue weighted by Gasteiger charge is 2.33. The molecule has 0 aliphatic heterocycles. The lowest BCUT2D eigenvalue weighted by Crippen LogP contribution is -2.29. The fourth-order valence-electron chi connectivity index (χ4n) is 2.39. The van der Waals surface area contributed by atoms with Gasteiger partial charge in [-0.25, -0.2) is 0 Å². The van der Waals surface area contributed by atoms with Crippen LogP contribution in [0.15, 0.2) is 54.6 Å². The number of benzene rings is 2. The van der Waals surface area contributed by atoms with E-state index in [1.165, 1.54) is 18.4 Å². The topological polar surface area (TPSA) is 29.1 Å². The van der Waals surface area contributed by atoms with Crippen molar-refractivity contribution < 1.29 is 4.79 Å². The van der Waals surface area contributed by atoms with Crippen LogP contribution in [0.5, 0.6) is 0 Å². The molecule has 0 unspecified atom stereocenters. The van der Waals surface area contributed by atoms with Crippen LogP contribution in [0.2, 0.25) is 5.02 Å². The molecule has 2 aromatic rings. The van der Waals surface area contributed by atoms with Gasteiger partial charge in [-0.15, -0.1) is 0 Å². The van der Waals surface area contributed by atoms with Crippen molar-refractivity contribution in [3.8, 4) is 0 Å². The maximum atomic E-state index is 12.3. The van der Waals surface area contributed by atoms with Crippen LogP contribution in [0, 0.1) is 5.92 Å². The fourth-order valence-corrected chi connectivity index (χ4v) is 2.52. The molecule has 0 radical (unpaired) electrons. The molecule has 102 valence electrons. The highest BCUT2D eigenvalue weighted by Crippen LogP contribution is 2.41. The predicted octanol–water partition coefficient (Wildman–Crippen LogP) is 4.22. The highest BCUT2D eigenvalue weighted by molar-refractivity contribution is 6.30. The zero-order valence-corrected chi connectivity index (χ0v) is 11.8. The van der Waals surface area contributed by atoms with Crippen molar-refractivity contribution >= 4 is 17.5 Å². The molecule has 2 aromatic carbocycles. The molecule has 1 amide bonds. The molecule has 1 N–H and O–H groups in total. The first kappa shape index (κ1) is 13.2. The third-order valence-electron chi connectivity index (χ3n) is 3.65. The van der Waals surface area contributed by atoms with Crippen LogP contribution < -0.4 is 5.32 Å². The summed E-state index contributed by atoms with van der Waals surface area (Å²) in [5.74, 6) is 0.524. The average molecular weight is 286 g/mol. The monoisotopic (exact) mass is 285 g/mol. The van der Waals surface area contributed by atoms with Crippen molar-refractivity contribution in [2.75, 3.05) is 0 Å². The number of halogens is 1. The molecule has 0 heterocycles. The zero-order chi connectivity index (χ0) is 13.9. The second-order valence-electron chi connectivity index (χ2n) is 5.21. The summed E-state index contributed by atoms with van der Waals surface area (Å²) in [6.45, 7) is 0. The lowest BCUT2D eigenvalue weighted by Gasteiger charge is -2.19. The smallest absolute Gasteiger partial charge is 0.251 e. The number of hydrogen-bond donors (Lipinski definition) is 1. The summed E-state index contributed by atoms with van der Waals surface area (Å²) in [5, 5.41) is 3.79. The molecule has 0 bridgehead atoms. The van der Waals surface area contributed by atoms with Crippen LogP contribution in [0.3, 0.4) is 0 Å². The van der Waals surface area contributed by atoms with Gasteiger partial charge in [-0.3, -0.25) is 4.79 Å². The van der Waals surface area contributed by atoms with Crippen LogP contribution in [0.1, 0.15) is 34.8 Å². The minimum absolute atomic E-state index is 0.0394. The molecule has 3 heteroatoms. The normalized spacial score (nSPS) is 15.7. The molecule has 0 aromatic heterocycles. The summed E-state index contributed by atoms with van der Waals surface area (Å²) in [4.78, 5) is 12.3. The molecule has 0 saturated heterocycles. The van der Waals surface area contributed by atoms with E-state index in [4.69, 9.17) is 11.6 Å². The Balaban J connectivity index is 1.77. The van der Waals surface area contributed by atoms with Gasteiger partial charge in [0.1, 0.15) is 0 Å². The van der Waals surface area contributed by atoms with Crippen molar-refractivity contribution in [1.29, 1.82) is 0 Å². The van der Waals surface area contributed by atoms with Crippen LogP contribution in [0.25, 0.3) is 0 Å². The molecule has 1 aliphatic carbocycles. The number of rotatable bonds is 4. The van der Waals surface area contributed by atoms with Crippen LogP contribution in [0.4, 0.5) is 0 Å². The Morgan fingerprint density at radius 2 is 1.70 bits per heavy atom.